The van der Waals surface area contributed by atoms with E-state index in [0.717, 1.165) is 24.8 Å². The van der Waals surface area contributed by atoms with E-state index in [-0.39, 0.29) is 22.8 Å². The van der Waals surface area contributed by atoms with Gasteiger partial charge in [-0.2, -0.15) is 4.31 Å². The molecule has 3 aromatic rings. The Labute approximate surface area is 191 Å². The van der Waals surface area contributed by atoms with Crippen molar-refractivity contribution < 1.29 is 22.9 Å². The van der Waals surface area contributed by atoms with E-state index in [2.05, 4.69) is 4.98 Å². The number of nitro groups is 1. The summed E-state index contributed by atoms with van der Waals surface area (Å²) in [7, 11) is -3.58. The van der Waals surface area contributed by atoms with Crippen molar-refractivity contribution in [2.45, 2.75) is 44.2 Å². The van der Waals surface area contributed by atoms with Crippen LogP contribution in [0.4, 0.5) is 5.69 Å². The van der Waals surface area contributed by atoms with Crippen molar-refractivity contribution >= 4 is 32.7 Å². The average molecular weight is 473 g/mol. The van der Waals surface area contributed by atoms with Gasteiger partial charge in [-0.1, -0.05) is 6.42 Å². The van der Waals surface area contributed by atoms with Gasteiger partial charge in [0.2, 0.25) is 10.0 Å². The van der Waals surface area contributed by atoms with Crippen LogP contribution in [0.5, 0.6) is 0 Å². The van der Waals surface area contributed by atoms with Gasteiger partial charge in [0.25, 0.3) is 5.69 Å². The van der Waals surface area contributed by atoms with Crippen molar-refractivity contribution in [3.8, 4) is 0 Å². The van der Waals surface area contributed by atoms with E-state index in [0.29, 0.717) is 31.0 Å². The number of sulfonamides is 1. The second-order valence-corrected chi connectivity index (χ2v) is 9.71. The number of imidazole rings is 1. The summed E-state index contributed by atoms with van der Waals surface area (Å²) < 4.78 is 34.8. The summed E-state index contributed by atoms with van der Waals surface area (Å²) in [6, 6.07) is 10.0. The molecule has 174 valence electrons. The minimum Gasteiger partial charge on any atom is -0.454 e. The highest BCUT2D eigenvalue weighted by Gasteiger charge is 2.26. The van der Waals surface area contributed by atoms with Crippen LogP contribution in [-0.2, 0) is 27.9 Å². The number of rotatable bonds is 7. The van der Waals surface area contributed by atoms with E-state index in [4.69, 9.17) is 4.74 Å². The number of aryl methyl sites for hydroxylation is 1. The van der Waals surface area contributed by atoms with Crippen LogP contribution in [0.1, 0.15) is 42.4 Å². The number of fused-ring (bicyclic) bond motifs is 1. The summed E-state index contributed by atoms with van der Waals surface area (Å²) in [6.45, 7) is 3.40. The van der Waals surface area contributed by atoms with Crippen molar-refractivity contribution in [1.29, 1.82) is 0 Å². The number of non-ortho nitro benzene ring substituents is 1. The van der Waals surface area contributed by atoms with Crippen molar-refractivity contribution in [3.05, 3.63) is 64.0 Å². The van der Waals surface area contributed by atoms with Crippen LogP contribution in [-0.4, -0.2) is 46.3 Å². The van der Waals surface area contributed by atoms with E-state index in [1.54, 1.807) is 18.2 Å². The van der Waals surface area contributed by atoms with Gasteiger partial charge in [-0.05, 0) is 50.1 Å². The Morgan fingerprint density at radius 1 is 1.12 bits per heavy atom. The molecular formula is C22H24N4O6S. The van der Waals surface area contributed by atoms with Crippen LogP contribution in [0.3, 0.4) is 0 Å². The maximum atomic E-state index is 13.0. The third-order valence-electron chi connectivity index (χ3n) is 5.71. The minimum absolute atomic E-state index is 0.116. The number of esters is 1. The number of carbonyl (C=O) groups excluding carboxylic acids is 1. The largest absolute Gasteiger partial charge is 0.454 e. The van der Waals surface area contributed by atoms with Gasteiger partial charge in [0.15, 0.2) is 0 Å². The van der Waals surface area contributed by atoms with Crippen LogP contribution < -0.4 is 0 Å². The lowest BCUT2D eigenvalue weighted by molar-refractivity contribution is -0.384. The molecule has 33 heavy (non-hydrogen) atoms. The molecule has 0 amide bonds. The number of hydrogen-bond donors (Lipinski definition) is 0. The topological polar surface area (TPSA) is 125 Å². The highest BCUT2D eigenvalue weighted by molar-refractivity contribution is 7.89. The summed E-state index contributed by atoms with van der Waals surface area (Å²) in [5.41, 5.74) is 1.33. The lowest BCUT2D eigenvalue weighted by Gasteiger charge is -2.25. The minimum atomic E-state index is -3.58. The summed E-state index contributed by atoms with van der Waals surface area (Å²) in [5, 5.41) is 10.8. The Bertz CT molecular complexity index is 1290. The monoisotopic (exact) mass is 472 g/mol. The van der Waals surface area contributed by atoms with Crippen LogP contribution in [0, 0.1) is 10.1 Å². The molecule has 1 aromatic heterocycles. The molecule has 0 saturated carbocycles. The molecule has 2 aromatic carbocycles. The quantitative estimate of drug-likeness (QED) is 0.293. The van der Waals surface area contributed by atoms with Gasteiger partial charge >= 0.3 is 5.97 Å². The number of ether oxygens (including phenoxy) is 1. The first-order chi connectivity index (χ1) is 15.8. The molecule has 1 aliphatic heterocycles. The fourth-order valence-electron chi connectivity index (χ4n) is 3.97. The Hall–Kier alpha value is -3.31. The zero-order valence-corrected chi connectivity index (χ0v) is 19.0. The van der Waals surface area contributed by atoms with Gasteiger partial charge in [-0.25, -0.2) is 18.2 Å². The van der Waals surface area contributed by atoms with Gasteiger partial charge in [0.05, 0.1) is 26.4 Å². The van der Waals surface area contributed by atoms with Gasteiger partial charge < -0.3 is 9.30 Å². The third-order valence-corrected chi connectivity index (χ3v) is 7.61. The molecule has 0 aliphatic carbocycles. The van der Waals surface area contributed by atoms with E-state index >= 15 is 0 Å². The molecule has 0 unspecified atom stereocenters. The van der Waals surface area contributed by atoms with Crippen LogP contribution >= 0.6 is 0 Å². The molecule has 1 saturated heterocycles. The Morgan fingerprint density at radius 3 is 2.45 bits per heavy atom. The lowest BCUT2D eigenvalue weighted by Crippen LogP contribution is -2.35. The molecule has 11 heteroatoms. The first-order valence-corrected chi connectivity index (χ1v) is 12.2. The zero-order valence-electron chi connectivity index (χ0n) is 18.1. The first-order valence-electron chi connectivity index (χ1n) is 10.7. The number of nitro benzene ring substituents is 1. The van der Waals surface area contributed by atoms with E-state index < -0.39 is 20.9 Å². The van der Waals surface area contributed by atoms with E-state index in [1.807, 2.05) is 11.5 Å². The van der Waals surface area contributed by atoms with Gasteiger partial charge in [-0.15, -0.1) is 0 Å². The number of hydrogen-bond acceptors (Lipinski definition) is 7. The van der Waals surface area contributed by atoms with E-state index in [9.17, 15) is 23.3 Å². The number of benzene rings is 2. The fourth-order valence-corrected chi connectivity index (χ4v) is 5.51. The lowest BCUT2D eigenvalue weighted by atomic mass is 10.2. The zero-order chi connectivity index (χ0) is 23.6. The maximum Gasteiger partial charge on any atom is 0.338 e. The number of piperidine rings is 1. The molecule has 0 N–H and O–H groups in total. The number of carbonyl (C=O) groups is 1. The maximum absolute atomic E-state index is 13.0. The van der Waals surface area contributed by atoms with Gasteiger partial charge in [-0.3, -0.25) is 10.1 Å². The molecule has 0 bridgehead atoms. The van der Waals surface area contributed by atoms with Gasteiger partial charge in [0.1, 0.15) is 12.4 Å². The second kappa shape index (κ2) is 9.28. The fraction of sp³-hybridized carbons (Fsp3) is 0.364. The molecule has 0 atom stereocenters. The van der Waals surface area contributed by atoms with Crippen molar-refractivity contribution in [2.24, 2.45) is 0 Å². The Morgan fingerprint density at radius 2 is 1.82 bits per heavy atom. The Kier molecular flexibility index (Phi) is 6.43. The highest BCUT2D eigenvalue weighted by atomic mass is 32.2. The standard InChI is InChI=1S/C22H24N4O6S/c1-2-25-20-11-10-18(33(30,31)24-12-4-3-5-13-24)14-19(20)23-21(25)15-32-22(27)16-6-8-17(9-7-16)26(28)29/h6-11,14H,2-5,12-13,15H2,1H3. The highest BCUT2D eigenvalue weighted by Crippen LogP contribution is 2.25. The molecule has 0 radical (unpaired) electrons. The smallest absolute Gasteiger partial charge is 0.338 e. The second-order valence-electron chi connectivity index (χ2n) is 7.77. The number of aromatic nitrogens is 2. The third kappa shape index (κ3) is 4.60. The van der Waals surface area contributed by atoms with Crippen molar-refractivity contribution in [1.82, 2.24) is 13.9 Å². The normalized spacial score (nSPS) is 14.9. The first kappa shape index (κ1) is 22.9. The molecule has 2 heterocycles. The number of nitrogens with zero attached hydrogens (tertiary/aromatic N) is 4. The molecule has 0 spiro atoms. The SMILES string of the molecule is CCn1c(COC(=O)c2ccc([N+](=O)[O-])cc2)nc2cc(S(=O)(=O)N3CCCCC3)ccc21. The van der Waals surface area contributed by atoms with Crippen LogP contribution in [0.15, 0.2) is 47.4 Å². The molecule has 4 rings (SSSR count). The average Bonchev–Trinajstić information content (AvgIpc) is 3.19. The van der Waals surface area contributed by atoms with Crippen LogP contribution in [0.25, 0.3) is 11.0 Å². The van der Waals surface area contributed by atoms with E-state index in [1.165, 1.54) is 28.6 Å². The van der Waals surface area contributed by atoms with Gasteiger partial charge in [0, 0.05) is 31.8 Å². The molecular weight excluding hydrogens is 448 g/mol. The molecule has 1 fully saturated rings. The predicted molar refractivity (Wildman–Crippen MR) is 120 cm³/mol. The summed E-state index contributed by atoms with van der Waals surface area (Å²) in [6.07, 6.45) is 2.75. The molecule has 10 nitrogen and oxygen atoms in total. The summed E-state index contributed by atoms with van der Waals surface area (Å²) in [4.78, 5) is 27.3. The summed E-state index contributed by atoms with van der Waals surface area (Å²) in [5.74, 6) is -0.150. The predicted octanol–water partition coefficient (Wildman–Crippen LogP) is 3.50. The summed E-state index contributed by atoms with van der Waals surface area (Å²) >= 11 is 0. The van der Waals surface area contributed by atoms with Crippen molar-refractivity contribution in [3.63, 3.8) is 0 Å². The van der Waals surface area contributed by atoms with Crippen molar-refractivity contribution in [2.75, 3.05) is 13.1 Å². The Balaban J connectivity index is 1.55. The van der Waals surface area contributed by atoms with Crippen LogP contribution in [0.2, 0.25) is 0 Å². The molecule has 1 aliphatic rings.